The van der Waals surface area contributed by atoms with Gasteiger partial charge in [0.1, 0.15) is 16.2 Å². The predicted octanol–water partition coefficient (Wildman–Crippen LogP) is 14.3. The first-order valence-corrected chi connectivity index (χ1v) is 18.6. The van der Waals surface area contributed by atoms with Gasteiger partial charge in [-0.15, -0.1) is 11.3 Å². The SMILES string of the molecule is c1ccc(-c2ccc(N(c3ccc(-c4cccc5c4oc4ccc6sc(-c7ccccc7)nc6c45)cc3)c3cccc(-c4ccccc4)c3)cc2)cc1. The van der Waals surface area contributed by atoms with Crippen LogP contribution in [0.5, 0.6) is 0 Å². The number of anilines is 3. The lowest BCUT2D eigenvalue weighted by atomic mass is 10.0. The molecule has 2 heterocycles. The molecule has 0 spiro atoms. The highest BCUT2D eigenvalue weighted by Crippen LogP contribution is 2.43. The third-order valence-corrected chi connectivity index (χ3v) is 11.0. The molecular weight excluding hydrogens is 665 g/mol. The second-order valence-corrected chi connectivity index (χ2v) is 14.2. The normalized spacial score (nSPS) is 11.4. The summed E-state index contributed by atoms with van der Waals surface area (Å²) < 4.78 is 7.79. The molecule has 10 aromatic rings. The Labute approximate surface area is 311 Å². The maximum absolute atomic E-state index is 6.63. The van der Waals surface area contributed by atoms with Crippen LogP contribution in [0.3, 0.4) is 0 Å². The van der Waals surface area contributed by atoms with Crippen molar-refractivity contribution in [1.82, 2.24) is 4.98 Å². The lowest BCUT2D eigenvalue weighted by Crippen LogP contribution is -2.10. The Kier molecular flexibility index (Phi) is 7.67. The van der Waals surface area contributed by atoms with E-state index < -0.39 is 0 Å². The maximum atomic E-state index is 6.63. The minimum absolute atomic E-state index is 0.852. The zero-order valence-electron chi connectivity index (χ0n) is 28.7. The zero-order chi connectivity index (χ0) is 35.1. The zero-order valence-corrected chi connectivity index (χ0v) is 29.5. The van der Waals surface area contributed by atoms with Crippen LogP contribution < -0.4 is 4.90 Å². The molecule has 0 aliphatic heterocycles. The van der Waals surface area contributed by atoms with Crippen molar-refractivity contribution in [3.63, 3.8) is 0 Å². The van der Waals surface area contributed by atoms with Gasteiger partial charge in [-0.25, -0.2) is 4.98 Å². The highest BCUT2D eigenvalue weighted by molar-refractivity contribution is 7.21. The molecule has 0 aliphatic carbocycles. The van der Waals surface area contributed by atoms with Crippen molar-refractivity contribution in [3.8, 4) is 44.0 Å². The molecule has 0 radical (unpaired) electrons. The fourth-order valence-corrected chi connectivity index (χ4v) is 8.31. The summed E-state index contributed by atoms with van der Waals surface area (Å²) in [6.07, 6.45) is 0. The summed E-state index contributed by atoms with van der Waals surface area (Å²) in [5.74, 6) is 0. The average Bonchev–Trinajstić information content (AvgIpc) is 3.85. The summed E-state index contributed by atoms with van der Waals surface area (Å²) in [6, 6.07) is 68.5. The van der Waals surface area contributed by atoms with E-state index in [1.54, 1.807) is 11.3 Å². The van der Waals surface area contributed by atoms with Crippen LogP contribution >= 0.6 is 11.3 Å². The monoisotopic (exact) mass is 696 g/mol. The van der Waals surface area contributed by atoms with E-state index in [4.69, 9.17) is 9.40 Å². The van der Waals surface area contributed by atoms with Crippen LogP contribution in [0.15, 0.2) is 199 Å². The van der Waals surface area contributed by atoms with Crippen LogP contribution in [0.4, 0.5) is 17.1 Å². The molecule has 8 aromatic carbocycles. The summed E-state index contributed by atoms with van der Waals surface area (Å²) in [5.41, 5.74) is 14.0. The lowest BCUT2D eigenvalue weighted by Gasteiger charge is -2.26. The fraction of sp³-hybridized carbons (Fsp3) is 0. The van der Waals surface area contributed by atoms with E-state index in [0.717, 1.165) is 70.9 Å². The summed E-state index contributed by atoms with van der Waals surface area (Å²) >= 11 is 1.72. The molecule has 4 heteroatoms. The molecule has 10 rings (SSSR count). The molecule has 2 aromatic heterocycles. The number of hydrogen-bond donors (Lipinski definition) is 0. The first-order valence-electron chi connectivity index (χ1n) is 17.8. The van der Waals surface area contributed by atoms with E-state index in [2.05, 4.69) is 193 Å². The molecule has 0 saturated heterocycles. The van der Waals surface area contributed by atoms with Crippen LogP contribution in [-0.4, -0.2) is 4.98 Å². The van der Waals surface area contributed by atoms with Gasteiger partial charge in [0, 0.05) is 33.6 Å². The average molecular weight is 697 g/mol. The van der Waals surface area contributed by atoms with Crippen molar-refractivity contribution in [2.24, 2.45) is 0 Å². The molecule has 0 bridgehead atoms. The number of furan rings is 1. The van der Waals surface area contributed by atoms with Crippen molar-refractivity contribution >= 4 is 60.6 Å². The second kappa shape index (κ2) is 13.1. The molecule has 250 valence electrons. The van der Waals surface area contributed by atoms with Crippen LogP contribution in [-0.2, 0) is 0 Å². The van der Waals surface area contributed by atoms with Gasteiger partial charge in [0.25, 0.3) is 0 Å². The Balaban J connectivity index is 1.06. The van der Waals surface area contributed by atoms with Gasteiger partial charge in [-0.2, -0.15) is 0 Å². The highest BCUT2D eigenvalue weighted by Gasteiger charge is 2.19. The summed E-state index contributed by atoms with van der Waals surface area (Å²) in [5, 5.41) is 3.16. The summed E-state index contributed by atoms with van der Waals surface area (Å²) in [6.45, 7) is 0. The fourth-order valence-electron chi connectivity index (χ4n) is 7.33. The van der Waals surface area contributed by atoms with E-state index in [9.17, 15) is 0 Å². The summed E-state index contributed by atoms with van der Waals surface area (Å²) in [4.78, 5) is 7.45. The van der Waals surface area contributed by atoms with Crippen molar-refractivity contribution < 1.29 is 4.42 Å². The van der Waals surface area contributed by atoms with E-state index in [0.29, 0.717) is 0 Å². The van der Waals surface area contributed by atoms with Gasteiger partial charge in [0.15, 0.2) is 0 Å². The molecule has 53 heavy (non-hydrogen) atoms. The molecule has 0 aliphatic rings. The number of thiazole rings is 1. The minimum Gasteiger partial charge on any atom is -0.455 e. The number of para-hydroxylation sites is 1. The van der Waals surface area contributed by atoms with Gasteiger partial charge in [0.2, 0.25) is 0 Å². The van der Waals surface area contributed by atoms with Crippen LogP contribution in [0.2, 0.25) is 0 Å². The third-order valence-electron chi connectivity index (χ3n) is 9.92. The van der Waals surface area contributed by atoms with Crippen molar-refractivity contribution in [3.05, 3.63) is 194 Å². The molecular formula is C49H32N2OS. The standard InChI is InChI=1S/C49H32N2OS/c1-4-12-33(13-5-1)35-22-26-39(27-23-35)51(41-19-10-18-38(32-41)34-14-6-2-7-15-34)40-28-24-36(25-29-40)42-20-11-21-43-46-44(52-48(42)43)30-31-45-47(46)50-49(53-45)37-16-8-3-9-17-37/h1-32H. The van der Waals surface area contributed by atoms with Gasteiger partial charge in [-0.3, -0.25) is 0 Å². The Morgan fingerprint density at radius 3 is 1.68 bits per heavy atom. The Morgan fingerprint density at radius 1 is 0.434 bits per heavy atom. The number of rotatable bonds is 7. The molecule has 0 fully saturated rings. The Morgan fingerprint density at radius 2 is 1.00 bits per heavy atom. The van der Waals surface area contributed by atoms with Crippen LogP contribution in [0.1, 0.15) is 0 Å². The highest BCUT2D eigenvalue weighted by atomic mass is 32.1. The number of benzene rings is 8. The van der Waals surface area contributed by atoms with Crippen LogP contribution in [0.25, 0.3) is 76.1 Å². The van der Waals surface area contributed by atoms with E-state index in [1.807, 2.05) is 6.07 Å². The molecule has 0 N–H and O–H groups in total. The maximum Gasteiger partial charge on any atom is 0.143 e. The smallest absolute Gasteiger partial charge is 0.143 e. The Bertz CT molecular complexity index is 2860. The predicted molar refractivity (Wildman–Crippen MR) is 223 cm³/mol. The van der Waals surface area contributed by atoms with Crippen molar-refractivity contribution in [1.29, 1.82) is 0 Å². The third kappa shape index (κ3) is 5.66. The largest absolute Gasteiger partial charge is 0.455 e. The first kappa shape index (κ1) is 31.0. The summed E-state index contributed by atoms with van der Waals surface area (Å²) in [7, 11) is 0. The van der Waals surface area contributed by atoms with Gasteiger partial charge >= 0.3 is 0 Å². The number of fused-ring (bicyclic) bond motifs is 5. The molecule has 3 nitrogen and oxygen atoms in total. The van der Waals surface area contributed by atoms with E-state index >= 15 is 0 Å². The van der Waals surface area contributed by atoms with Crippen molar-refractivity contribution in [2.45, 2.75) is 0 Å². The second-order valence-electron chi connectivity index (χ2n) is 13.2. The molecule has 0 unspecified atom stereocenters. The van der Waals surface area contributed by atoms with Gasteiger partial charge in [-0.1, -0.05) is 146 Å². The number of nitrogens with zero attached hydrogens (tertiary/aromatic N) is 2. The van der Waals surface area contributed by atoms with E-state index in [1.165, 1.54) is 22.3 Å². The van der Waals surface area contributed by atoms with Gasteiger partial charge in [0.05, 0.1) is 15.6 Å². The first-order chi connectivity index (χ1) is 26.3. The molecule has 0 amide bonds. The number of hydrogen-bond acceptors (Lipinski definition) is 4. The number of aromatic nitrogens is 1. The minimum atomic E-state index is 0.852. The van der Waals surface area contributed by atoms with Gasteiger partial charge in [-0.05, 0) is 76.3 Å². The van der Waals surface area contributed by atoms with E-state index in [-0.39, 0.29) is 0 Å². The topological polar surface area (TPSA) is 29.3 Å². The molecule has 0 saturated carbocycles. The van der Waals surface area contributed by atoms with Gasteiger partial charge < -0.3 is 9.32 Å². The lowest BCUT2D eigenvalue weighted by molar-refractivity contribution is 0.670. The Hall–Kier alpha value is -6.75. The quantitative estimate of drug-likeness (QED) is 0.166. The van der Waals surface area contributed by atoms with Crippen molar-refractivity contribution in [2.75, 3.05) is 4.90 Å². The molecule has 0 atom stereocenters. The van der Waals surface area contributed by atoms with Crippen LogP contribution in [0, 0.1) is 0 Å².